The first-order valence-corrected chi connectivity index (χ1v) is 6.16. The summed E-state index contributed by atoms with van der Waals surface area (Å²) < 4.78 is 9.82. The molecule has 1 aliphatic carbocycles. The molecular weight excluding hydrogens is 222 g/mol. The molecule has 0 aliphatic heterocycles. The van der Waals surface area contributed by atoms with Gasteiger partial charge in [0, 0.05) is 39.0 Å². The van der Waals surface area contributed by atoms with Crippen molar-refractivity contribution in [3.05, 3.63) is 0 Å². The molecule has 0 aromatic rings. The van der Waals surface area contributed by atoms with E-state index in [4.69, 9.17) is 9.47 Å². The summed E-state index contributed by atoms with van der Waals surface area (Å²) in [4.78, 5) is 22.5. The van der Waals surface area contributed by atoms with Crippen molar-refractivity contribution in [3.8, 4) is 0 Å². The standard InChI is InChI=1S/C12H21NO4/c1-16-8-3-9-17-11(14)4-2-7-13-12(15)10-5-6-10/h10H,2-9H2,1H3,(H,13,15). The predicted octanol–water partition coefficient (Wildman–Crippen LogP) is 0.872. The summed E-state index contributed by atoms with van der Waals surface area (Å²) in [6.07, 6.45) is 3.74. The van der Waals surface area contributed by atoms with Crippen molar-refractivity contribution >= 4 is 11.9 Å². The van der Waals surface area contributed by atoms with Crippen LogP contribution in [0.2, 0.25) is 0 Å². The molecule has 0 heterocycles. The maximum Gasteiger partial charge on any atom is 0.305 e. The van der Waals surface area contributed by atoms with E-state index in [0.29, 0.717) is 32.6 Å². The highest BCUT2D eigenvalue weighted by Gasteiger charge is 2.28. The molecule has 1 rings (SSSR count). The van der Waals surface area contributed by atoms with Crippen molar-refractivity contribution in [1.29, 1.82) is 0 Å². The summed E-state index contributed by atoms with van der Waals surface area (Å²) in [7, 11) is 1.62. The van der Waals surface area contributed by atoms with E-state index in [1.165, 1.54) is 0 Å². The van der Waals surface area contributed by atoms with Crippen LogP contribution in [0, 0.1) is 5.92 Å². The molecule has 0 unspecified atom stereocenters. The summed E-state index contributed by atoms with van der Waals surface area (Å²) in [5.41, 5.74) is 0. The number of methoxy groups -OCH3 is 1. The Kier molecular flexibility index (Phi) is 6.62. The maximum atomic E-state index is 11.3. The number of rotatable bonds is 9. The Hall–Kier alpha value is -1.10. The summed E-state index contributed by atoms with van der Waals surface area (Å²) in [5.74, 6) is 0.149. The highest BCUT2D eigenvalue weighted by molar-refractivity contribution is 5.80. The van der Waals surface area contributed by atoms with Crippen LogP contribution < -0.4 is 5.32 Å². The summed E-state index contributed by atoms with van der Waals surface area (Å²) >= 11 is 0. The molecule has 1 amide bonds. The van der Waals surface area contributed by atoms with Gasteiger partial charge in [-0.25, -0.2) is 0 Å². The zero-order valence-electron chi connectivity index (χ0n) is 10.4. The van der Waals surface area contributed by atoms with Crippen molar-refractivity contribution in [1.82, 2.24) is 5.32 Å². The van der Waals surface area contributed by atoms with Gasteiger partial charge in [-0.3, -0.25) is 9.59 Å². The van der Waals surface area contributed by atoms with Crippen LogP contribution in [0.3, 0.4) is 0 Å². The highest BCUT2D eigenvalue weighted by atomic mass is 16.5. The molecule has 1 saturated carbocycles. The van der Waals surface area contributed by atoms with Crippen LogP contribution in [-0.2, 0) is 19.1 Å². The number of esters is 1. The van der Waals surface area contributed by atoms with Crippen LogP contribution in [0.25, 0.3) is 0 Å². The number of hydrogen-bond acceptors (Lipinski definition) is 4. The minimum Gasteiger partial charge on any atom is -0.466 e. The number of amides is 1. The molecule has 1 fully saturated rings. The van der Waals surface area contributed by atoms with Gasteiger partial charge in [-0.15, -0.1) is 0 Å². The van der Waals surface area contributed by atoms with Crippen molar-refractivity contribution < 1.29 is 19.1 Å². The second kappa shape index (κ2) is 8.06. The SMILES string of the molecule is COCCCOC(=O)CCCNC(=O)C1CC1. The third-order valence-corrected chi connectivity index (χ3v) is 2.56. The fourth-order valence-electron chi connectivity index (χ4n) is 1.40. The molecular formula is C12H21NO4. The molecule has 0 saturated heterocycles. The lowest BCUT2D eigenvalue weighted by molar-refractivity contribution is -0.144. The predicted molar refractivity (Wildman–Crippen MR) is 62.4 cm³/mol. The smallest absolute Gasteiger partial charge is 0.305 e. The molecule has 5 nitrogen and oxygen atoms in total. The zero-order chi connectivity index (χ0) is 12.5. The molecule has 0 radical (unpaired) electrons. The van der Waals surface area contributed by atoms with E-state index >= 15 is 0 Å². The molecule has 17 heavy (non-hydrogen) atoms. The molecule has 1 aliphatic rings. The van der Waals surface area contributed by atoms with E-state index in [0.717, 1.165) is 19.3 Å². The summed E-state index contributed by atoms with van der Waals surface area (Å²) in [6.45, 7) is 1.56. The van der Waals surface area contributed by atoms with Gasteiger partial charge in [0.05, 0.1) is 6.61 Å². The van der Waals surface area contributed by atoms with Crippen LogP contribution in [0.1, 0.15) is 32.1 Å². The molecule has 0 aromatic heterocycles. The van der Waals surface area contributed by atoms with Crippen LogP contribution in [0.15, 0.2) is 0 Å². The van der Waals surface area contributed by atoms with Gasteiger partial charge < -0.3 is 14.8 Å². The number of ether oxygens (including phenoxy) is 2. The van der Waals surface area contributed by atoms with Gasteiger partial charge in [-0.1, -0.05) is 0 Å². The third-order valence-electron chi connectivity index (χ3n) is 2.56. The lowest BCUT2D eigenvalue weighted by Gasteiger charge is -2.05. The third kappa shape index (κ3) is 6.94. The Morgan fingerprint density at radius 1 is 1.24 bits per heavy atom. The number of carbonyl (C=O) groups is 2. The Labute approximate surface area is 102 Å². The first-order valence-electron chi connectivity index (χ1n) is 6.16. The van der Waals surface area contributed by atoms with Crippen molar-refractivity contribution in [2.75, 3.05) is 26.9 Å². The summed E-state index contributed by atoms with van der Waals surface area (Å²) in [5, 5.41) is 2.81. The van der Waals surface area contributed by atoms with E-state index < -0.39 is 0 Å². The topological polar surface area (TPSA) is 64.6 Å². The van der Waals surface area contributed by atoms with E-state index in [9.17, 15) is 9.59 Å². The van der Waals surface area contributed by atoms with Crippen LogP contribution >= 0.6 is 0 Å². The number of carbonyl (C=O) groups excluding carboxylic acids is 2. The minimum atomic E-state index is -0.207. The highest BCUT2D eigenvalue weighted by Crippen LogP contribution is 2.28. The molecule has 1 N–H and O–H groups in total. The first-order chi connectivity index (χ1) is 8.24. The van der Waals surface area contributed by atoms with E-state index in [-0.39, 0.29) is 17.8 Å². The van der Waals surface area contributed by atoms with Crippen LogP contribution in [0.4, 0.5) is 0 Å². The van der Waals surface area contributed by atoms with Gasteiger partial charge in [0.25, 0.3) is 0 Å². The number of hydrogen-bond donors (Lipinski definition) is 1. The molecule has 0 atom stereocenters. The van der Waals surface area contributed by atoms with Crippen LogP contribution in [-0.4, -0.2) is 38.7 Å². The largest absolute Gasteiger partial charge is 0.466 e. The quantitative estimate of drug-likeness (QED) is 0.482. The van der Waals surface area contributed by atoms with Gasteiger partial charge in [-0.05, 0) is 19.3 Å². The van der Waals surface area contributed by atoms with Gasteiger partial charge in [0.1, 0.15) is 0 Å². The Morgan fingerprint density at radius 2 is 2.00 bits per heavy atom. The van der Waals surface area contributed by atoms with Gasteiger partial charge >= 0.3 is 5.97 Å². The Bertz CT molecular complexity index is 251. The monoisotopic (exact) mass is 243 g/mol. The van der Waals surface area contributed by atoms with E-state index in [1.807, 2.05) is 0 Å². The fraction of sp³-hybridized carbons (Fsp3) is 0.833. The van der Waals surface area contributed by atoms with Crippen molar-refractivity contribution in [2.45, 2.75) is 32.1 Å². The van der Waals surface area contributed by atoms with Gasteiger partial charge in [0.2, 0.25) is 5.91 Å². The average Bonchev–Trinajstić information content (AvgIpc) is 3.14. The molecule has 5 heteroatoms. The van der Waals surface area contributed by atoms with Crippen molar-refractivity contribution in [3.63, 3.8) is 0 Å². The molecule has 0 aromatic carbocycles. The van der Waals surface area contributed by atoms with E-state index in [1.54, 1.807) is 7.11 Å². The Morgan fingerprint density at radius 3 is 2.65 bits per heavy atom. The Balaban J connectivity index is 1.87. The minimum absolute atomic E-state index is 0.124. The van der Waals surface area contributed by atoms with Crippen molar-refractivity contribution in [2.24, 2.45) is 5.92 Å². The van der Waals surface area contributed by atoms with Crippen LogP contribution in [0.5, 0.6) is 0 Å². The second-order valence-electron chi connectivity index (χ2n) is 4.24. The first kappa shape index (κ1) is 14.0. The lowest BCUT2D eigenvalue weighted by Crippen LogP contribution is -2.26. The average molecular weight is 243 g/mol. The van der Waals surface area contributed by atoms with Gasteiger partial charge in [0.15, 0.2) is 0 Å². The van der Waals surface area contributed by atoms with E-state index in [2.05, 4.69) is 5.32 Å². The zero-order valence-corrected chi connectivity index (χ0v) is 10.4. The fourth-order valence-corrected chi connectivity index (χ4v) is 1.40. The molecule has 0 spiro atoms. The second-order valence-corrected chi connectivity index (χ2v) is 4.24. The molecule has 0 bridgehead atoms. The normalized spacial score (nSPS) is 14.4. The van der Waals surface area contributed by atoms with Gasteiger partial charge in [-0.2, -0.15) is 0 Å². The number of nitrogens with one attached hydrogen (secondary N) is 1. The molecule has 98 valence electrons. The maximum absolute atomic E-state index is 11.3. The lowest BCUT2D eigenvalue weighted by atomic mass is 10.3. The summed E-state index contributed by atoms with van der Waals surface area (Å²) in [6, 6.07) is 0.